The number of esters is 1. The molecule has 43 heteroatoms. The van der Waals surface area contributed by atoms with Crippen LogP contribution in [0, 0.1) is 5.92 Å². The number of aliphatic carboxylic acids is 4. The lowest BCUT2D eigenvalue weighted by molar-refractivity contribution is -0.156. The molecular formula is C71H102N16O27. The van der Waals surface area contributed by atoms with Crippen LogP contribution in [-0.2, 0) is 102 Å². The number of carbonyl (C=O) groups is 20. The van der Waals surface area contributed by atoms with Crippen molar-refractivity contribution in [2.24, 2.45) is 17.4 Å². The van der Waals surface area contributed by atoms with E-state index in [1.165, 1.54) is 31.4 Å². The second-order valence-corrected chi connectivity index (χ2v) is 26.7. The van der Waals surface area contributed by atoms with Gasteiger partial charge in [-0.1, -0.05) is 76.6 Å². The first-order valence-corrected chi connectivity index (χ1v) is 36.4. The normalized spacial score (nSPS) is 21.2. The third-order valence-electron chi connectivity index (χ3n) is 17.4. The Morgan fingerprint density at radius 1 is 0.553 bits per heavy atom. The third kappa shape index (κ3) is 34.4. The molecule has 2 aromatic rings. The van der Waals surface area contributed by atoms with E-state index in [2.05, 4.69) is 60.1 Å². The molecule has 0 spiro atoms. The van der Waals surface area contributed by atoms with Gasteiger partial charge in [0, 0.05) is 30.5 Å². The summed E-state index contributed by atoms with van der Waals surface area (Å²) in [6.07, 6.45) is -3.97. The molecule has 628 valence electrons. The number of hydrogen-bond donors (Lipinski definition) is 21. The van der Waals surface area contributed by atoms with E-state index < -0.39 is 261 Å². The molecule has 3 rings (SSSR count). The number of carbonyl (C=O) groups excluding carboxylic acids is 16. The number of hydrogen-bond acceptors (Lipinski definition) is 25. The van der Waals surface area contributed by atoms with E-state index in [0.29, 0.717) is 24.2 Å². The van der Waals surface area contributed by atoms with Crippen molar-refractivity contribution in [2.45, 2.75) is 209 Å². The van der Waals surface area contributed by atoms with Gasteiger partial charge in [-0.25, -0.2) is 4.79 Å². The Morgan fingerprint density at radius 3 is 1.64 bits per heavy atom. The number of para-hydroxylation sites is 1. The number of carboxylic acids is 4. The maximum absolute atomic E-state index is 14.8. The zero-order valence-electron chi connectivity index (χ0n) is 63.4. The molecular weight excluding hydrogens is 1510 g/mol. The molecule has 0 aromatic heterocycles. The fourth-order valence-electron chi connectivity index (χ4n) is 11.2. The van der Waals surface area contributed by atoms with E-state index >= 15 is 0 Å². The molecule has 114 heavy (non-hydrogen) atoms. The fraction of sp³-hybridized carbons (Fsp3) is 0.549. The zero-order chi connectivity index (χ0) is 85.5. The number of cyclic esters (lactones) is 1. The van der Waals surface area contributed by atoms with Gasteiger partial charge in [0.2, 0.25) is 82.7 Å². The molecule has 1 fully saturated rings. The number of nitrogens with two attached hydrogens (primary N) is 3. The number of ether oxygens (including phenoxy) is 2. The minimum absolute atomic E-state index is 0.0238. The third-order valence-corrected chi connectivity index (χ3v) is 17.4. The van der Waals surface area contributed by atoms with Gasteiger partial charge in [-0.15, -0.1) is 0 Å². The number of unbranched alkanes of at least 4 members (excludes halogenated alkanes) is 6. The van der Waals surface area contributed by atoms with E-state index in [1.807, 2.05) is 16.0 Å². The van der Waals surface area contributed by atoms with Gasteiger partial charge in [0.25, 0.3) is 0 Å². The average molecular weight is 1610 g/mol. The highest BCUT2D eigenvalue weighted by molar-refractivity contribution is 6.05. The summed E-state index contributed by atoms with van der Waals surface area (Å²) in [5.74, 6) is -29.4. The number of rotatable bonds is 36. The van der Waals surface area contributed by atoms with Crippen LogP contribution >= 0.6 is 0 Å². The smallest absolute Gasteiger partial charge is 0.329 e. The van der Waals surface area contributed by atoms with Gasteiger partial charge in [0.15, 0.2) is 5.78 Å². The Hall–Kier alpha value is -12.4. The van der Waals surface area contributed by atoms with Crippen LogP contribution in [0.1, 0.15) is 146 Å². The summed E-state index contributed by atoms with van der Waals surface area (Å²) in [4.78, 5) is 272. The largest absolute Gasteiger partial charge is 0.497 e. The van der Waals surface area contributed by atoms with Crippen LogP contribution in [0.4, 0.5) is 5.69 Å². The lowest BCUT2D eigenvalue weighted by atomic mass is 9.96. The summed E-state index contributed by atoms with van der Waals surface area (Å²) in [6.45, 7) is 1.10. The SMILES string of the molecule is CCCCCCCCCC(=O)N[C@@H](Cc1ccc(OC)cc1)C(=O)N[C@H](CC(N)=O)C(=O)N[C@@H](CC(=O)O)C(=O)N[C@@H]1C(=O)NCC(=O)N[C@@H](CCCN)C(=O)N[C@@H](CC(=O)O)C(=O)N[C@H](C)C(=O)N[C@@H](CC(=O)O)C(=O)NCC(=O)N[C@H](CO)C(=O)N[C@@H]([C@H](C)CC(=O)O)C(=O)N[C@@H](CC(=O)c2ccccc2N)C(=O)O[C@@H]1C. The van der Waals surface area contributed by atoms with Crippen LogP contribution in [0.25, 0.3) is 0 Å². The Labute approximate surface area is 653 Å². The van der Waals surface area contributed by atoms with Crippen molar-refractivity contribution in [1.82, 2.24) is 69.1 Å². The first-order chi connectivity index (χ1) is 53.8. The molecule has 0 saturated carbocycles. The van der Waals surface area contributed by atoms with Crippen LogP contribution in [0.15, 0.2) is 48.5 Å². The summed E-state index contributed by atoms with van der Waals surface area (Å²) < 4.78 is 10.9. The second-order valence-electron chi connectivity index (χ2n) is 26.7. The maximum Gasteiger partial charge on any atom is 0.329 e. The number of nitrogens with one attached hydrogen (secondary N) is 13. The molecule has 2 aromatic carbocycles. The molecule has 1 heterocycles. The number of benzene rings is 2. The number of aliphatic hydroxyl groups excluding tert-OH is 1. The van der Waals surface area contributed by atoms with Crippen molar-refractivity contribution in [3.63, 3.8) is 0 Å². The summed E-state index contributed by atoms with van der Waals surface area (Å²) in [6, 6.07) is -11.2. The van der Waals surface area contributed by atoms with Gasteiger partial charge in [-0.05, 0) is 75.4 Å². The zero-order valence-corrected chi connectivity index (χ0v) is 63.4. The predicted octanol–water partition coefficient (Wildman–Crippen LogP) is -6.09. The van der Waals surface area contributed by atoms with Crippen LogP contribution in [0.2, 0.25) is 0 Å². The lowest BCUT2D eigenvalue weighted by Gasteiger charge is -2.30. The molecule has 13 atom stereocenters. The van der Waals surface area contributed by atoms with Gasteiger partial charge in [-0.2, -0.15) is 0 Å². The molecule has 1 aliphatic heterocycles. The quantitative estimate of drug-likeness (QED) is 0.0131. The maximum atomic E-state index is 14.8. The highest BCUT2D eigenvalue weighted by Gasteiger charge is 2.41. The number of Topliss-reactive ketones (excluding diaryl/α,β-unsaturated/α-hetero) is 1. The van der Waals surface area contributed by atoms with E-state index in [4.69, 9.17) is 26.7 Å². The number of anilines is 1. The van der Waals surface area contributed by atoms with E-state index in [0.717, 1.165) is 52.9 Å². The molecule has 0 aliphatic carbocycles. The van der Waals surface area contributed by atoms with Crippen LogP contribution in [-0.4, -0.2) is 250 Å². The Morgan fingerprint density at radius 2 is 1.08 bits per heavy atom. The van der Waals surface area contributed by atoms with E-state index in [-0.39, 0.29) is 37.1 Å². The summed E-state index contributed by atoms with van der Waals surface area (Å²) in [7, 11) is 1.41. The van der Waals surface area contributed by atoms with Gasteiger partial charge < -0.3 is 121 Å². The topological polar surface area (TPSA) is 695 Å². The van der Waals surface area contributed by atoms with Crippen molar-refractivity contribution < 1.29 is 131 Å². The number of methoxy groups -OCH3 is 1. The number of carboxylic acid groups (broad SMARTS) is 4. The fourth-order valence-corrected chi connectivity index (χ4v) is 11.2. The Balaban J connectivity index is 2.29. The standard InChI is InChI=1S/C71H102N16O27/c1-6-7-8-9-10-11-12-19-52(91)79-43(26-38-20-22-39(113-5)23-21-38)65(106)82-44(28-51(74)90)66(107)84-47(31-58(100)101)67(108)87-60-37(4)114-71(112)48(27-50(89)40-16-13-14-17-41(40)73)85-70(111)59(35(2)25-55(94)95)86-68(109)49(34-88)80-54(93)32-75-62(103)45(29-56(96)97)81-61(102)36(3)77-64(105)46(30-57(98)99)83-63(104)42(18-15-24-72)78-53(92)33-76-69(60)110/h13-14,16-17,20-23,35-37,42-49,59-60,88H,6-12,15,18-19,24-34,72-73H2,1-5H3,(H2,74,90)(H,75,103)(H,76,110)(H,77,105)(H,78,92)(H,79,91)(H,80,93)(H,81,102)(H,82,106)(H,83,104)(H,84,107)(H,85,111)(H,86,109)(H,87,108)(H,94,95)(H,96,97)(H,98,99)(H,100,101)/t35-,36-,37-,42+,43+,44-,45+,46+,47+,48+,49-,59+,60+/m1/s1. The van der Waals surface area contributed by atoms with Crippen LogP contribution in [0.3, 0.4) is 0 Å². The number of nitrogen functional groups attached to an aromatic ring is 1. The number of primary amides is 1. The lowest BCUT2D eigenvalue weighted by Crippen LogP contribution is -2.62. The molecule has 0 radical (unpaired) electrons. The molecule has 1 saturated heterocycles. The highest BCUT2D eigenvalue weighted by atomic mass is 16.5. The Bertz CT molecular complexity index is 3790. The number of amides is 14. The van der Waals surface area contributed by atoms with Crippen molar-refractivity contribution >= 4 is 124 Å². The Kier molecular flexibility index (Phi) is 41.2. The van der Waals surface area contributed by atoms with Crippen molar-refractivity contribution in [3.8, 4) is 5.75 Å². The van der Waals surface area contributed by atoms with Gasteiger partial charge in [0.05, 0.1) is 58.9 Å². The number of aliphatic hydroxyl groups is 1. The van der Waals surface area contributed by atoms with Gasteiger partial charge in [-0.3, -0.25) is 91.1 Å². The predicted molar refractivity (Wildman–Crippen MR) is 395 cm³/mol. The van der Waals surface area contributed by atoms with Crippen LogP contribution in [0.5, 0.6) is 5.75 Å². The van der Waals surface area contributed by atoms with Gasteiger partial charge >= 0.3 is 29.8 Å². The number of ketones is 1. The second kappa shape index (κ2) is 49.0. The summed E-state index contributed by atoms with van der Waals surface area (Å²) >= 11 is 0. The minimum atomic E-state index is -2.45. The van der Waals surface area contributed by atoms with E-state index in [1.54, 1.807) is 24.3 Å². The van der Waals surface area contributed by atoms with Crippen molar-refractivity contribution in [3.05, 3.63) is 59.7 Å². The highest BCUT2D eigenvalue weighted by Crippen LogP contribution is 2.19. The molecule has 1 aliphatic rings. The molecule has 0 bridgehead atoms. The van der Waals surface area contributed by atoms with E-state index in [9.17, 15) is 121 Å². The first-order valence-electron chi connectivity index (χ1n) is 36.4. The monoisotopic (exact) mass is 1610 g/mol. The van der Waals surface area contributed by atoms with Crippen molar-refractivity contribution in [2.75, 3.05) is 39.1 Å². The van der Waals surface area contributed by atoms with Gasteiger partial charge in [0.1, 0.15) is 78.3 Å². The molecule has 0 unspecified atom stereocenters. The molecule has 43 nitrogen and oxygen atoms in total. The summed E-state index contributed by atoms with van der Waals surface area (Å²) in [5, 5.41) is 77.8. The molecule has 14 amide bonds. The minimum Gasteiger partial charge on any atom is -0.497 e. The summed E-state index contributed by atoms with van der Waals surface area (Å²) in [5.41, 5.74) is 17.3. The van der Waals surface area contributed by atoms with Crippen LogP contribution < -0.4 is 91.1 Å². The average Bonchev–Trinajstić information content (AvgIpc) is 0.838. The first kappa shape index (κ1) is 95.8. The van der Waals surface area contributed by atoms with Crippen molar-refractivity contribution in [1.29, 1.82) is 0 Å². The molecule has 24 N–H and O–H groups in total.